The van der Waals surface area contributed by atoms with Crippen molar-refractivity contribution in [2.45, 2.75) is 13.8 Å². The topological polar surface area (TPSA) is 98.9 Å². The quantitative estimate of drug-likeness (QED) is 0.328. The van der Waals surface area contributed by atoms with E-state index in [-0.39, 0.29) is 11.9 Å². The minimum atomic E-state index is -0.361. The Morgan fingerprint density at radius 1 is 0.935 bits per heavy atom. The van der Waals surface area contributed by atoms with Crippen molar-refractivity contribution in [2.75, 3.05) is 16.0 Å². The summed E-state index contributed by atoms with van der Waals surface area (Å²) in [4.78, 5) is 32.4. The van der Waals surface area contributed by atoms with Gasteiger partial charge in [-0.05, 0) is 49.7 Å². The first-order chi connectivity index (χ1) is 15.0. The van der Waals surface area contributed by atoms with Gasteiger partial charge < -0.3 is 20.9 Å². The van der Waals surface area contributed by atoms with E-state index in [0.29, 0.717) is 22.8 Å². The van der Waals surface area contributed by atoms with Crippen LogP contribution in [0.1, 0.15) is 21.1 Å². The van der Waals surface area contributed by atoms with Gasteiger partial charge in [0.25, 0.3) is 5.91 Å². The number of amides is 3. The number of aromatic nitrogens is 2. The molecule has 2 heterocycles. The second-order valence-corrected chi connectivity index (χ2v) is 8.04. The number of anilines is 3. The fourth-order valence-electron chi connectivity index (χ4n) is 3.01. The van der Waals surface area contributed by atoms with Crippen molar-refractivity contribution in [3.8, 4) is 11.3 Å². The highest BCUT2D eigenvalue weighted by Crippen LogP contribution is 2.24. The molecule has 2 aromatic heterocycles. The largest absolute Gasteiger partial charge is 0.357 e. The van der Waals surface area contributed by atoms with Gasteiger partial charge >= 0.3 is 6.03 Å². The van der Waals surface area contributed by atoms with Gasteiger partial charge in [0.2, 0.25) is 0 Å². The Morgan fingerprint density at radius 3 is 2.45 bits per heavy atom. The number of aromatic amines is 1. The molecule has 0 saturated carbocycles. The molecular formula is C23H21N5O2S. The van der Waals surface area contributed by atoms with Crippen LogP contribution >= 0.6 is 11.3 Å². The van der Waals surface area contributed by atoms with Crippen LogP contribution in [0.25, 0.3) is 11.3 Å². The number of thiazole rings is 1. The highest BCUT2D eigenvalue weighted by molar-refractivity contribution is 7.09. The summed E-state index contributed by atoms with van der Waals surface area (Å²) in [6.45, 7) is 3.83. The number of hydrogen-bond donors (Lipinski definition) is 4. The Labute approximate surface area is 183 Å². The van der Waals surface area contributed by atoms with E-state index in [2.05, 4.69) is 25.9 Å². The number of rotatable bonds is 5. The maximum absolute atomic E-state index is 12.7. The van der Waals surface area contributed by atoms with Gasteiger partial charge in [-0.1, -0.05) is 24.3 Å². The number of hydrogen-bond acceptors (Lipinski definition) is 4. The van der Waals surface area contributed by atoms with Crippen LogP contribution in [0, 0.1) is 13.8 Å². The Kier molecular flexibility index (Phi) is 5.81. The van der Waals surface area contributed by atoms with Gasteiger partial charge in [0.15, 0.2) is 0 Å². The fraction of sp³-hybridized carbons (Fsp3) is 0.0870. The normalized spacial score (nSPS) is 10.5. The van der Waals surface area contributed by atoms with Crippen LogP contribution in [-0.4, -0.2) is 21.9 Å². The highest BCUT2D eigenvalue weighted by atomic mass is 32.1. The second kappa shape index (κ2) is 8.85. The van der Waals surface area contributed by atoms with Crippen molar-refractivity contribution in [1.29, 1.82) is 0 Å². The molecule has 4 rings (SSSR count). The third-order valence-corrected chi connectivity index (χ3v) is 5.39. The van der Waals surface area contributed by atoms with Crippen LogP contribution in [0.15, 0.2) is 66.2 Å². The molecule has 156 valence electrons. The lowest BCUT2D eigenvalue weighted by Gasteiger charge is -2.12. The second-order valence-electron chi connectivity index (χ2n) is 6.98. The molecule has 4 N–H and O–H groups in total. The molecule has 0 saturated heterocycles. The SMILES string of the molecule is Cc1nc(-c2c[nH]c(C(=O)Nc3cc(NC(=O)Nc4ccccc4)ccc3C)c2)cs1. The molecule has 0 aliphatic heterocycles. The third kappa shape index (κ3) is 4.99. The Morgan fingerprint density at radius 2 is 1.71 bits per heavy atom. The fourth-order valence-corrected chi connectivity index (χ4v) is 3.63. The van der Waals surface area contributed by atoms with Gasteiger partial charge in [-0.15, -0.1) is 11.3 Å². The number of para-hydroxylation sites is 1. The zero-order valence-electron chi connectivity index (χ0n) is 17.0. The van der Waals surface area contributed by atoms with E-state index < -0.39 is 0 Å². The lowest BCUT2D eigenvalue weighted by molar-refractivity contribution is 0.102. The van der Waals surface area contributed by atoms with Crippen LogP contribution in [0.3, 0.4) is 0 Å². The van der Waals surface area contributed by atoms with Crippen molar-refractivity contribution >= 4 is 40.3 Å². The minimum Gasteiger partial charge on any atom is -0.357 e. The van der Waals surface area contributed by atoms with Crippen LogP contribution < -0.4 is 16.0 Å². The van der Waals surface area contributed by atoms with Gasteiger partial charge in [0.05, 0.1) is 10.7 Å². The Balaban J connectivity index is 1.44. The average molecular weight is 432 g/mol. The third-order valence-electron chi connectivity index (χ3n) is 4.62. The number of benzene rings is 2. The number of nitrogens with zero attached hydrogens (tertiary/aromatic N) is 1. The lowest BCUT2D eigenvalue weighted by Crippen LogP contribution is -2.19. The molecule has 0 bridgehead atoms. The predicted octanol–water partition coefficient (Wildman–Crippen LogP) is 5.65. The van der Waals surface area contributed by atoms with Gasteiger partial charge in [-0.25, -0.2) is 9.78 Å². The molecule has 0 unspecified atom stereocenters. The standard InChI is InChI=1S/C23H21N5O2S/c1-14-8-9-18(27-23(30)26-17-6-4-3-5-7-17)11-19(14)28-22(29)20-10-16(12-24-20)21-13-31-15(2)25-21/h3-13,24H,1-2H3,(H,28,29)(H2,26,27,30). The van der Waals surface area contributed by atoms with E-state index in [4.69, 9.17) is 0 Å². The smallest absolute Gasteiger partial charge is 0.323 e. The van der Waals surface area contributed by atoms with Gasteiger partial charge in [-0.3, -0.25) is 4.79 Å². The van der Waals surface area contributed by atoms with Gasteiger partial charge in [0, 0.05) is 34.2 Å². The van der Waals surface area contributed by atoms with E-state index in [0.717, 1.165) is 21.8 Å². The van der Waals surface area contributed by atoms with Crippen molar-refractivity contribution in [3.63, 3.8) is 0 Å². The number of H-pyrrole nitrogens is 1. The maximum atomic E-state index is 12.7. The van der Waals surface area contributed by atoms with Crippen molar-refractivity contribution in [3.05, 3.63) is 82.4 Å². The molecule has 31 heavy (non-hydrogen) atoms. The Hall–Kier alpha value is -3.91. The van der Waals surface area contributed by atoms with Crippen molar-refractivity contribution in [2.24, 2.45) is 0 Å². The summed E-state index contributed by atoms with van der Waals surface area (Å²) in [7, 11) is 0. The molecule has 0 aliphatic carbocycles. The van der Waals surface area contributed by atoms with Crippen molar-refractivity contribution in [1.82, 2.24) is 9.97 Å². The van der Waals surface area contributed by atoms with Crippen LogP contribution in [0.5, 0.6) is 0 Å². The molecule has 0 aliphatic rings. The molecule has 2 aromatic carbocycles. The minimum absolute atomic E-state index is 0.271. The Bertz CT molecular complexity index is 1230. The summed E-state index contributed by atoms with van der Waals surface area (Å²) in [6, 6.07) is 15.9. The molecule has 0 spiro atoms. The van der Waals surface area contributed by atoms with Gasteiger partial charge in [0.1, 0.15) is 5.69 Å². The summed E-state index contributed by atoms with van der Waals surface area (Å²) in [5.41, 5.74) is 4.88. The molecular weight excluding hydrogens is 410 g/mol. The molecule has 3 amide bonds. The van der Waals surface area contributed by atoms with E-state index in [1.54, 1.807) is 47.9 Å². The molecule has 4 aromatic rings. The molecule has 0 fully saturated rings. The van der Waals surface area contributed by atoms with Crippen molar-refractivity contribution < 1.29 is 9.59 Å². The molecule has 0 radical (unpaired) electrons. The van der Waals surface area contributed by atoms with Gasteiger partial charge in [-0.2, -0.15) is 0 Å². The molecule has 7 nitrogen and oxygen atoms in total. The summed E-state index contributed by atoms with van der Waals surface area (Å²) in [5, 5.41) is 11.4. The first-order valence-electron chi connectivity index (χ1n) is 9.64. The predicted molar refractivity (Wildman–Crippen MR) is 125 cm³/mol. The van der Waals surface area contributed by atoms with E-state index >= 15 is 0 Å². The monoisotopic (exact) mass is 431 g/mol. The highest BCUT2D eigenvalue weighted by Gasteiger charge is 2.13. The zero-order valence-corrected chi connectivity index (χ0v) is 17.8. The first-order valence-corrected chi connectivity index (χ1v) is 10.5. The number of carbonyl (C=O) groups is 2. The van der Waals surface area contributed by atoms with Crippen LogP contribution in [0.2, 0.25) is 0 Å². The molecule has 8 heteroatoms. The number of nitrogens with one attached hydrogen (secondary N) is 4. The van der Waals surface area contributed by atoms with Crippen LogP contribution in [0.4, 0.5) is 21.9 Å². The lowest BCUT2D eigenvalue weighted by atomic mass is 10.1. The number of aryl methyl sites for hydroxylation is 2. The summed E-state index contributed by atoms with van der Waals surface area (Å²) >= 11 is 1.56. The van der Waals surface area contributed by atoms with E-state index in [9.17, 15) is 9.59 Å². The first kappa shape index (κ1) is 20.4. The summed E-state index contributed by atoms with van der Waals surface area (Å²) in [5.74, 6) is -0.271. The number of urea groups is 1. The zero-order chi connectivity index (χ0) is 21.8. The van der Waals surface area contributed by atoms with Crippen LogP contribution in [-0.2, 0) is 0 Å². The average Bonchev–Trinajstić information content (AvgIpc) is 3.40. The molecule has 0 atom stereocenters. The van der Waals surface area contributed by atoms with E-state index in [1.807, 2.05) is 43.5 Å². The number of carbonyl (C=O) groups excluding carboxylic acids is 2. The summed E-state index contributed by atoms with van der Waals surface area (Å²) in [6.07, 6.45) is 1.77. The maximum Gasteiger partial charge on any atom is 0.323 e. The van der Waals surface area contributed by atoms with E-state index in [1.165, 1.54) is 0 Å². The summed E-state index contributed by atoms with van der Waals surface area (Å²) < 4.78 is 0.